The summed E-state index contributed by atoms with van der Waals surface area (Å²) in [7, 11) is 0. The summed E-state index contributed by atoms with van der Waals surface area (Å²) in [5.41, 5.74) is 1.69. The summed E-state index contributed by atoms with van der Waals surface area (Å²) in [4.78, 5) is 12.2. The summed E-state index contributed by atoms with van der Waals surface area (Å²) in [6.07, 6.45) is 1.96. The molecule has 3 rings (SSSR count). The van der Waals surface area contributed by atoms with Gasteiger partial charge in [-0.15, -0.1) is 0 Å². The van der Waals surface area contributed by atoms with E-state index in [9.17, 15) is 13.6 Å². The van der Waals surface area contributed by atoms with Crippen LogP contribution in [0.2, 0.25) is 0 Å². The summed E-state index contributed by atoms with van der Waals surface area (Å²) < 4.78 is 28.6. The molecule has 22 heavy (non-hydrogen) atoms. The largest absolute Gasteiger partial charge is 0.376 e. The molecule has 1 aromatic heterocycles. The van der Waals surface area contributed by atoms with Gasteiger partial charge < -0.3 is 5.32 Å². The number of rotatable bonds is 2. The van der Waals surface area contributed by atoms with E-state index in [0.717, 1.165) is 12.3 Å². The van der Waals surface area contributed by atoms with Crippen LogP contribution in [-0.4, -0.2) is 4.57 Å². The quantitative estimate of drug-likeness (QED) is 0.921. The molecule has 112 valence electrons. The van der Waals surface area contributed by atoms with Crippen LogP contribution in [0.4, 0.5) is 8.78 Å². The van der Waals surface area contributed by atoms with Crippen LogP contribution in [0.25, 0.3) is 5.69 Å². The third-order valence-corrected chi connectivity index (χ3v) is 3.64. The van der Waals surface area contributed by atoms with Crippen LogP contribution in [0.1, 0.15) is 17.3 Å². The molecule has 0 saturated carbocycles. The predicted octanol–water partition coefficient (Wildman–Crippen LogP) is 3.45. The molecule has 1 N–H and O–H groups in total. The van der Waals surface area contributed by atoms with E-state index in [1.165, 1.54) is 10.6 Å². The van der Waals surface area contributed by atoms with Crippen LogP contribution in [0.15, 0.2) is 71.2 Å². The number of para-hydroxylation sites is 1. The maximum absolute atomic E-state index is 14.0. The molecular weight excluding hydrogens is 286 g/mol. The number of halogens is 2. The molecule has 5 heteroatoms. The lowest BCUT2D eigenvalue weighted by atomic mass is 10.0. The predicted molar refractivity (Wildman–Crippen MR) is 81.0 cm³/mol. The number of allylic oxidation sites excluding steroid dienone is 2. The number of pyridine rings is 1. The van der Waals surface area contributed by atoms with Crippen molar-refractivity contribution in [1.82, 2.24) is 9.88 Å². The van der Waals surface area contributed by atoms with Gasteiger partial charge in [-0.25, -0.2) is 8.78 Å². The van der Waals surface area contributed by atoms with Crippen molar-refractivity contribution >= 4 is 0 Å². The van der Waals surface area contributed by atoms with E-state index in [0.29, 0.717) is 16.9 Å². The minimum Gasteiger partial charge on any atom is -0.376 e. The highest BCUT2D eigenvalue weighted by Crippen LogP contribution is 2.29. The summed E-state index contributed by atoms with van der Waals surface area (Å²) in [5, 5.41) is 2.68. The number of hydrogen-bond acceptors (Lipinski definition) is 2. The molecular formula is C17H14F2N2O. The zero-order valence-corrected chi connectivity index (χ0v) is 11.9. The van der Waals surface area contributed by atoms with Crippen molar-refractivity contribution in [2.45, 2.75) is 13.0 Å². The van der Waals surface area contributed by atoms with Crippen LogP contribution in [0, 0.1) is 6.92 Å². The molecule has 3 nitrogen and oxygen atoms in total. The Hall–Kier alpha value is -2.69. The lowest BCUT2D eigenvalue weighted by molar-refractivity contribution is 0.485. The van der Waals surface area contributed by atoms with Crippen LogP contribution in [-0.2, 0) is 0 Å². The molecule has 0 fully saturated rings. The van der Waals surface area contributed by atoms with E-state index >= 15 is 0 Å². The molecule has 0 bridgehead atoms. The normalized spacial score (nSPS) is 17.5. The molecule has 2 aromatic rings. The van der Waals surface area contributed by atoms with Gasteiger partial charge in [-0.05, 0) is 25.1 Å². The Morgan fingerprint density at radius 3 is 2.50 bits per heavy atom. The van der Waals surface area contributed by atoms with Gasteiger partial charge in [0.15, 0.2) is 0 Å². The highest BCUT2D eigenvalue weighted by molar-refractivity contribution is 5.40. The fourth-order valence-electron chi connectivity index (χ4n) is 2.59. The van der Waals surface area contributed by atoms with E-state index in [2.05, 4.69) is 5.32 Å². The molecule has 1 aromatic carbocycles. The third-order valence-electron chi connectivity index (χ3n) is 3.64. The van der Waals surface area contributed by atoms with Gasteiger partial charge in [-0.1, -0.05) is 18.2 Å². The second-order valence-electron chi connectivity index (χ2n) is 5.04. The molecule has 2 heterocycles. The molecule has 1 aliphatic rings. The Morgan fingerprint density at radius 2 is 1.82 bits per heavy atom. The van der Waals surface area contributed by atoms with Crippen LogP contribution >= 0.6 is 0 Å². The minimum atomic E-state index is -0.796. The number of nitrogens with one attached hydrogen (secondary N) is 1. The first-order chi connectivity index (χ1) is 10.6. The Balaban J connectivity index is 2.13. The van der Waals surface area contributed by atoms with E-state index in [-0.39, 0.29) is 5.56 Å². The molecule has 0 radical (unpaired) electrons. The van der Waals surface area contributed by atoms with Gasteiger partial charge in [0, 0.05) is 35.3 Å². The van der Waals surface area contributed by atoms with E-state index in [4.69, 9.17) is 0 Å². The second kappa shape index (κ2) is 5.60. The molecule has 0 saturated heterocycles. The van der Waals surface area contributed by atoms with Gasteiger partial charge in [0.1, 0.15) is 17.7 Å². The summed E-state index contributed by atoms with van der Waals surface area (Å²) in [6, 6.07) is 11.3. The van der Waals surface area contributed by atoms with Crippen LogP contribution in [0.5, 0.6) is 0 Å². The molecule has 1 aliphatic heterocycles. The van der Waals surface area contributed by atoms with E-state index in [1.807, 2.05) is 18.2 Å². The minimum absolute atomic E-state index is 0.200. The van der Waals surface area contributed by atoms with Crippen molar-refractivity contribution in [1.29, 1.82) is 0 Å². The van der Waals surface area contributed by atoms with Gasteiger partial charge in [0.05, 0.1) is 0 Å². The van der Waals surface area contributed by atoms with Crippen molar-refractivity contribution in [3.63, 3.8) is 0 Å². The lowest BCUT2D eigenvalue weighted by Gasteiger charge is -2.23. The average molecular weight is 300 g/mol. The number of hydrogen-bond donors (Lipinski definition) is 1. The number of nitrogens with zero attached hydrogens (tertiary/aromatic N) is 1. The van der Waals surface area contributed by atoms with Crippen molar-refractivity contribution in [3.05, 3.63) is 88.0 Å². The number of benzene rings is 1. The molecule has 0 amide bonds. The van der Waals surface area contributed by atoms with Crippen LogP contribution < -0.4 is 10.9 Å². The van der Waals surface area contributed by atoms with Crippen molar-refractivity contribution in [2.75, 3.05) is 0 Å². The zero-order valence-electron chi connectivity index (χ0n) is 11.9. The monoisotopic (exact) mass is 300 g/mol. The number of dihydropyridines is 1. The first-order valence-electron chi connectivity index (χ1n) is 6.85. The maximum atomic E-state index is 14.0. The fraction of sp³-hybridized carbons (Fsp3) is 0.118. The van der Waals surface area contributed by atoms with Gasteiger partial charge in [-0.3, -0.25) is 9.36 Å². The maximum Gasteiger partial charge on any atom is 0.255 e. The Bertz CT molecular complexity index is 822. The molecule has 1 atom stereocenters. The van der Waals surface area contributed by atoms with Crippen LogP contribution in [0.3, 0.4) is 0 Å². The summed E-state index contributed by atoms with van der Waals surface area (Å²) in [5.74, 6) is -1.29. The molecule has 0 aliphatic carbocycles. The SMILES string of the molecule is Cc1c(C2NC=C(F)C=C2F)ccc(=O)n1-c1ccccc1. The van der Waals surface area contributed by atoms with Gasteiger partial charge >= 0.3 is 0 Å². The molecule has 0 spiro atoms. The molecule has 1 unspecified atom stereocenters. The van der Waals surface area contributed by atoms with Gasteiger partial charge in [-0.2, -0.15) is 0 Å². The third kappa shape index (κ3) is 2.45. The highest BCUT2D eigenvalue weighted by Gasteiger charge is 2.23. The smallest absolute Gasteiger partial charge is 0.255 e. The number of aromatic nitrogens is 1. The Kier molecular flexibility index (Phi) is 3.63. The Morgan fingerprint density at radius 1 is 1.09 bits per heavy atom. The van der Waals surface area contributed by atoms with Gasteiger partial charge in [0.2, 0.25) is 0 Å². The zero-order chi connectivity index (χ0) is 15.7. The summed E-state index contributed by atoms with van der Waals surface area (Å²) >= 11 is 0. The van der Waals surface area contributed by atoms with Crippen molar-refractivity contribution in [3.8, 4) is 5.69 Å². The highest BCUT2D eigenvalue weighted by atomic mass is 19.1. The Labute approximate surface area is 126 Å². The lowest BCUT2D eigenvalue weighted by Crippen LogP contribution is -2.26. The first-order valence-corrected chi connectivity index (χ1v) is 6.85. The van der Waals surface area contributed by atoms with E-state index < -0.39 is 17.7 Å². The van der Waals surface area contributed by atoms with Crippen molar-refractivity contribution in [2.24, 2.45) is 0 Å². The second-order valence-corrected chi connectivity index (χ2v) is 5.04. The van der Waals surface area contributed by atoms with Crippen molar-refractivity contribution < 1.29 is 8.78 Å². The van der Waals surface area contributed by atoms with Gasteiger partial charge in [0.25, 0.3) is 5.56 Å². The topological polar surface area (TPSA) is 34.0 Å². The summed E-state index contributed by atoms with van der Waals surface area (Å²) in [6.45, 7) is 1.74. The first kappa shape index (κ1) is 14.3. The standard InChI is InChI=1S/C17H14F2N2O/c1-11-14(17-15(19)9-12(18)10-20-17)7-8-16(22)21(11)13-5-3-2-4-6-13/h2-10,17,20H,1H3. The van der Waals surface area contributed by atoms with E-state index in [1.54, 1.807) is 25.1 Å². The average Bonchev–Trinajstić information content (AvgIpc) is 2.50. The fourth-order valence-corrected chi connectivity index (χ4v) is 2.59.